The lowest BCUT2D eigenvalue weighted by atomic mass is 9.79. The zero-order valence-electron chi connectivity index (χ0n) is 15.1. The number of aliphatic imine (C=N–C) groups is 2. The lowest BCUT2D eigenvalue weighted by molar-refractivity contribution is 0.564. The van der Waals surface area contributed by atoms with Gasteiger partial charge in [0.2, 0.25) is 12.2 Å². The molecular formula is C23H18N2O2. The monoisotopic (exact) mass is 354 g/mol. The third-order valence-electron chi connectivity index (χ3n) is 4.64. The normalized spacial score (nSPS) is 11.2. The maximum absolute atomic E-state index is 11.0. The van der Waals surface area contributed by atoms with Crippen LogP contribution < -0.4 is 0 Å². The molecule has 27 heavy (non-hydrogen) atoms. The summed E-state index contributed by atoms with van der Waals surface area (Å²) < 4.78 is 0. The third kappa shape index (κ3) is 3.68. The van der Waals surface area contributed by atoms with Crippen LogP contribution in [0.4, 0.5) is 11.4 Å². The van der Waals surface area contributed by atoms with Crippen molar-refractivity contribution in [3.8, 4) is 0 Å². The van der Waals surface area contributed by atoms with Crippen molar-refractivity contribution >= 4 is 23.5 Å². The second-order valence-electron chi connectivity index (χ2n) is 6.27. The lowest BCUT2D eigenvalue weighted by Gasteiger charge is -2.24. The summed E-state index contributed by atoms with van der Waals surface area (Å²) in [5.74, 6) is -0.243. The van der Waals surface area contributed by atoms with Crippen molar-refractivity contribution in [2.24, 2.45) is 9.98 Å². The minimum atomic E-state index is -0.243. The zero-order chi connectivity index (χ0) is 19.2. The van der Waals surface area contributed by atoms with Gasteiger partial charge < -0.3 is 0 Å². The molecule has 0 atom stereocenters. The van der Waals surface area contributed by atoms with E-state index in [1.165, 1.54) is 0 Å². The molecule has 0 aliphatic carbocycles. The summed E-state index contributed by atoms with van der Waals surface area (Å²) in [7, 11) is 0. The van der Waals surface area contributed by atoms with Crippen molar-refractivity contribution < 1.29 is 9.59 Å². The molecule has 0 saturated heterocycles. The first kappa shape index (κ1) is 18.2. The Balaban J connectivity index is 2.42. The molecular weight excluding hydrogens is 336 g/mol. The summed E-state index contributed by atoms with van der Waals surface area (Å²) in [5, 5.41) is 0. The van der Waals surface area contributed by atoms with Crippen molar-refractivity contribution in [1.82, 2.24) is 0 Å². The van der Waals surface area contributed by atoms with Crippen LogP contribution in [0.5, 0.6) is 0 Å². The Morgan fingerprint density at radius 1 is 0.667 bits per heavy atom. The van der Waals surface area contributed by atoms with Crippen molar-refractivity contribution in [3.05, 3.63) is 94.5 Å². The zero-order valence-corrected chi connectivity index (χ0v) is 15.1. The van der Waals surface area contributed by atoms with Gasteiger partial charge in [-0.25, -0.2) is 9.59 Å². The van der Waals surface area contributed by atoms with Crippen LogP contribution in [-0.2, 0) is 9.59 Å². The quantitative estimate of drug-likeness (QED) is 0.349. The second-order valence-corrected chi connectivity index (χ2v) is 6.27. The van der Waals surface area contributed by atoms with E-state index in [9.17, 15) is 9.59 Å². The highest BCUT2D eigenvalue weighted by Crippen LogP contribution is 2.43. The number of rotatable bonds is 5. The van der Waals surface area contributed by atoms with Crippen LogP contribution in [-0.4, -0.2) is 12.2 Å². The Morgan fingerprint density at radius 3 is 1.59 bits per heavy atom. The van der Waals surface area contributed by atoms with Crippen LogP contribution in [0.1, 0.15) is 33.7 Å². The molecule has 0 fully saturated rings. The SMILES string of the molecule is Cc1cccc(N=C=O)c1C(c1ccccc1)c1c(C)cccc1N=C=O. The van der Waals surface area contributed by atoms with E-state index in [-0.39, 0.29) is 5.92 Å². The number of carbonyl (C=O) groups excluding carboxylic acids is 2. The maximum atomic E-state index is 11.0. The van der Waals surface area contributed by atoms with Crippen molar-refractivity contribution in [3.63, 3.8) is 0 Å². The minimum absolute atomic E-state index is 0.243. The Morgan fingerprint density at radius 2 is 1.15 bits per heavy atom. The van der Waals surface area contributed by atoms with Gasteiger partial charge in [0, 0.05) is 5.92 Å². The van der Waals surface area contributed by atoms with Gasteiger partial charge in [0.1, 0.15) is 0 Å². The number of hydrogen-bond acceptors (Lipinski definition) is 4. The van der Waals surface area contributed by atoms with E-state index in [0.29, 0.717) is 11.4 Å². The summed E-state index contributed by atoms with van der Waals surface area (Å²) in [5.41, 5.74) is 5.90. The fraction of sp³-hybridized carbons (Fsp3) is 0.130. The van der Waals surface area contributed by atoms with Crippen molar-refractivity contribution in [2.75, 3.05) is 0 Å². The largest absolute Gasteiger partial charge is 0.240 e. The highest BCUT2D eigenvalue weighted by atomic mass is 16.1. The second kappa shape index (κ2) is 8.20. The molecule has 0 aliphatic heterocycles. The molecule has 0 N–H and O–H groups in total. The van der Waals surface area contributed by atoms with Crippen molar-refractivity contribution in [2.45, 2.75) is 19.8 Å². The number of aryl methyl sites for hydroxylation is 2. The summed E-state index contributed by atoms with van der Waals surface area (Å²) >= 11 is 0. The first-order chi connectivity index (χ1) is 13.2. The van der Waals surface area contributed by atoms with E-state index in [4.69, 9.17) is 0 Å². The van der Waals surface area contributed by atoms with Crippen LogP contribution in [0.15, 0.2) is 76.7 Å². The molecule has 3 rings (SSSR count). The van der Waals surface area contributed by atoms with Crippen molar-refractivity contribution in [1.29, 1.82) is 0 Å². The van der Waals surface area contributed by atoms with E-state index >= 15 is 0 Å². The third-order valence-corrected chi connectivity index (χ3v) is 4.64. The average molecular weight is 354 g/mol. The average Bonchev–Trinajstić information content (AvgIpc) is 2.67. The smallest absolute Gasteiger partial charge is 0.211 e. The van der Waals surface area contributed by atoms with Gasteiger partial charge in [-0.15, -0.1) is 0 Å². The first-order valence-electron chi connectivity index (χ1n) is 8.57. The van der Waals surface area contributed by atoms with Gasteiger partial charge in [0.25, 0.3) is 0 Å². The summed E-state index contributed by atoms with van der Waals surface area (Å²) in [6.45, 7) is 3.96. The van der Waals surface area contributed by atoms with Gasteiger partial charge in [-0.1, -0.05) is 54.6 Å². The Bertz CT molecular complexity index is 993. The standard InChI is InChI=1S/C23H18N2O2/c1-16-8-6-12-19(24-14-26)21(16)23(18-10-4-3-5-11-18)22-17(2)9-7-13-20(22)25-15-27/h3-13,23H,1-2H3. The fourth-order valence-electron chi connectivity index (χ4n) is 3.50. The van der Waals surface area contributed by atoms with Crippen LogP contribution in [0.25, 0.3) is 0 Å². The summed E-state index contributed by atoms with van der Waals surface area (Å²) in [4.78, 5) is 29.9. The molecule has 132 valence electrons. The molecule has 0 amide bonds. The van der Waals surface area contributed by atoms with Crippen LogP contribution >= 0.6 is 0 Å². The van der Waals surface area contributed by atoms with Crippen LogP contribution in [0, 0.1) is 13.8 Å². The molecule has 0 heterocycles. The molecule has 0 bridgehead atoms. The molecule has 3 aromatic carbocycles. The van der Waals surface area contributed by atoms with Gasteiger partial charge in [-0.05, 0) is 53.8 Å². The lowest BCUT2D eigenvalue weighted by Crippen LogP contribution is -2.08. The molecule has 0 unspecified atom stereocenters. The highest BCUT2D eigenvalue weighted by molar-refractivity contribution is 5.67. The predicted octanol–water partition coefficient (Wildman–Crippen LogP) is 5.42. The van der Waals surface area contributed by atoms with Gasteiger partial charge in [0.05, 0.1) is 11.4 Å². The topological polar surface area (TPSA) is 58.9 Å². The minimum Gasteiger partial charge on any atom is -0.211 e. The highest BCUT2D eigenvalue weighted by Gasteiger charge is 2.25. The van der Waals surface area contributed by atoms with Gasteiger partial charge in [-0.2, -0.15) is 9.98 Å². The van der Waals surface area contributed by atoms with Gasteiger partial charge in [0.15, 0.2) is 0 Å². The summed E-state index contributed by atoms with van der Waals surface area (Å²) in [6, 6.07) is 21.2. The molecule has 0 saturated carbocycles. The molecule has 3 aromatic rings. The van der Waals surface area contributed by atoms with E-state index in [2.05, 4.69) is 9.98 Å². The van der Waals surface area contributed by atoms with E-state index in [1.54, 1.807) is 24.3 Å². The van der Waals surface area contributed by atoms with Gasteiger partial charge in [-0.3, -0.25) is 0 Å². The van der Waals surface area contributed by atoms with Crippen LogP contribution in [0.3, 0.4) is 0 Å². The van der Waals surface area contributed by atoms with Gasteiger partial charge >= 0.3 is 0 Å². The molecule has 4 heteroatoms. The number of benzene rings is 3. The van der Waals surface area contributed by atoms with E-state index in [0.717, 1.165) is 27.8 Å². The molecule has 0 spiro atoms. The fourth-order valence-corrected chi connectivity index (χ4v) is 3.50. The van der Waals surface area contributed by atoms with E-state index in [1.807, 2.05) is 68.4 Å². The number of hydrogen-bond donors (Lipinski definition) is 0. The first-order valence-corrected chi connectivity index (χ1v) is 8.57. The Hall–Kier alpha value is -3.58. The predicted molar refractivity (Wildman–Crippen MR) is 105 cm³/mol. The Labute approximate surface area is 157 Å². The van der Waals surface area contributed by atoms with Crippen LogP contribution in [0.2, 0.25) is 0 Å². The number of nitrogens with zero attached hydrogens (tertiary/aromatic N) is 2. The van der Waals surface area contributed by atoms with E-state index < -0.39 is 0 Å². The maximum Gasteiger partial charge on any atom is 0.240 e. The number of isocyanates is 2. The molecule has 0 aliphatic rings. The molecule has 0 aromatic heterocycles. The summed E-state index contributed by atoms with van der Waals surface area (Å²) in [6.07, 6.45) is 3.31. The molecule has 0 radical (unpaired) electrons. The molecule has 4 nitrogen and oxygen atoms in total. The Kier molecular flexibility index (Phi) is 5.53.